The van der Waals surface area contributed by atoms with E-state index in [-0.39, 0.29) is 11.9 Å². The highest BCUT2D eigenvalue weighted by atomic mass is 16.5. The number of piperazine rings is 1. The van der Waals surface area contributed by atoms with Gasteiger partial charge in [-0.15, -0.1) is 0 Å². The molecule has 178 valence electrons. The Morgan fingerprint density at radius 3 is 2.62 bits per heavy atom. The number of ether oxygens (including phenoxy) is 1. The molecule has 6 heteroatoms. The first-order chi connectivity index (χ1) is 16.5. The molecule has 2 aromatic carbocycles. The zero-order chi connectivity index (χ0) is 24.1. The lowest BCUT2D eigenvalue weighted by atomic mass is 9.95. The maximum atomic E-state index is 13.0. The molecule has 1 fully saturated rings. The number of benzene rings is 2. The number of nitrogens with zero attached hydrogens (tertiary/aromatic N) is 3. The first-order valence-corrected chi connectivity index (χ1v) is 12.3. The molecule has 0 saturated carbocycles. The number of amides is 1. The highest BCUT2D eigenvalue weighted by Gasteiger charge is 2.26. The lowest BCUT2D eigenvalue weighted by molar-refractivity contribution is -0.132. The summed E-state index contributed by atoms with van der Waals surface area (Å²) < 4.78 is 5.13. The average Bonchev–Trinajstić information content (AvgIpc) is 3.24. The Balaban J connectivity index is 1.30. The van der Waals surface area contributed by atoms with E-state index >= 15 is 0 Å². The maximum Gasteiger partial charge on any atom is 0.338 e. The minimum Gasteiger partial charge on any atom is -0.457 e. The monoisotopic (exact) mass is 459 g/mol. The minimum atomic E-state index is -0.274. The van der Waals surface area contributed by atoms with E-state index < -0.39 is 0 Å². The van der Waals surface area contributed by atoms with Gasteiger partial charge < -0.3 is 9.64 Å². The second kappa shape index (κ2) is 10.8. The third-order valence-electron chi connectivity index (χ3n) is 7.22. The standard InChI is InChI=1S/C28H33N3O3/c1-3-4-8-24-21(6-5-7-23(24)18-29)11-12-30-13-15-31(16-14-30)27(32)17-22-9-10-25-26(20(22)2)19-34-28(25)33/h5-7,9-10H,3-4,8,11-17,19H2,1-2H3. The smallest absolute Gasteiger partial charge is 0.338 e. The second-order valence-corrected chi connectivity index (χ2v) is 9.26. The fourth-order valence-corrected chi connectivity index (χ4v) is 4.99. The van der Waals surface area contributed by atoms with Gasteiger partial charge in [0.05, 0.1) is 23.6 Å². The first-order valence-electron chi connectivity index (χ1n) is 12.3. The van der Waals surface area contributed by atoms with Crippen LogP contribution in [0.1, 0.15) is 63.5 Å². The predicted octanol–water partition coefficient (Wildman–Crippen LogP) is 3.81. The molecule has 2 aliphatic rings. The predicted molar refractivity (Wildman–Crippen MR) is 130 cm³/mol. The van der Waals surface area contributed by atoms with Gasteiger partial charge >= 0.3 is 5.97 Å². The molecule has 1 amide bonds. The molecule has 0 N–H and O–H groups in total. The van der Waals surface area contributed by atoms with E-state index in [9.17, 15) is 14.9 Å². The molecule has 2 heterocycles. The summed E-state index contributed by atoms with van der Waals surface area (Å²) in [4.78, 5) is 29.1. The molecule has 0 atom stereocenters. The van der Waals surface area contributed by atoms with E-state index in [4.69, 9.17) is 4.74 Å². The van der Waals surface area contributed by atoms with Gasteiger partial charge in [0, 0.05) is 38.3 Å². The van der Waals surface area contributed by atoms with Crippen LogP contribution >= 0.6 is 0 Å². The molecule has 6 nitrogen and oxygen atoms in total. The second-order valence-electron chi connectivity index (χ2n) is 9.26. The number of carbonyl (C=O) groups is 2. The van der Waals surface area contributed by atoms with Crippen LogP contribution in [0.5, 0.6) is 0 Å². The third-order valence-corrected chi connectivity index (χ3v) is 7.22. The van der Waals surface area contributed by atoms with E-state index in [0.29, 0.717) is 18.6 Å². The Labute approximate surface area is 202 Å². The van der Waals surface area contributed by atoms with Crippen molar-refractivity contribution in [1.82, 2.24) is 9.80 Å². The number of hydrogen-bond acceptors (Lipinski definition) is 5. The summed E-state index contributed by atoms with van der Waals surface area (Å²) in [5.74, 6) is -0.138. The zero-order valence-corrected chi connectivity index (χ0v) is 20.2. The van der Waals surface area contributed by atoms with Crippen molar-refractivity contribution in [2.24, 2.45) is 0 Å². The lowest BCUT2D eigenvalue weighted by Gasteiger charge is -2.35. The summed E-state index contributed by atoms with van der Waals surface area (Å²) >= 11 is 0. The van der Waals surface area contributed by atoms with Crippen LogP contribution in [-0.4, -0.2) is 54.4 Å². The van der Waals surface area contributed by atoms with Crippen LogP contribution in [0.3, 0.4) is 0 Å². The highest BCUT2D eigenvalue weighted by molar-refractivity contribution is 5.94. The van der Waals surface area contributed by atoms with Crippen LogP contribution in [0, 0.1) is 18.3 Å². The van der Waals surface area contributed by atoms with Crippen molar-refractivity contribution < 1.29 is 14.3 Å². The SMILES string of the molecule is CCCCc1c(C#N)cccc1CCN1CCN(C(=O)Cc2ccc3c(c2C)COC3=O)CC1. The Hall–Kier alpha value is -3.17. The van der Waals surface area contributed by atoms with Gasteiger partial charge in [0.2, 0.25) is 5.91 Å². The number of rotatable bonds is 8. The summed E-state index contributed by atoms with van der Waals surface area (Å²) in [6.07, 6.45) is 4.46. The molecule has 4 rings (SSSR count). The summed E-state index contributed by atoms with van der Waals surface area (Å²) in [6.45, 7) is 8.57. The minimum absolute atomic E-state index is 0.136. The number of fused-ring (bicyclic) bond motifs is 1. The van der Waals surface area contributed by atoms with E-state index in [0.717, 1.165) is 80.7 Å². The van der Waals surface area contributed by atoms with E-state index in [1.54, 1.807) is 6.07 Å². The molecule has 0 spiro atoms. The number of nitriles is 1. The van der Waals surface area contributed by atoms with Crippen LogP contribution in [0.25, 0.3) is 0 Å². The number of carbonyl (C=O) groups excluding carboxylic acids is 2. The van der Waals surface area contributed by atoms with Crippen LogP contribution in [0.15, 0.2) is 30.3 Å². The van der Waals surface area contributed by atoms with Crippen molar-refractivity contribution in [3.05, 3.63) is 69.3 Å². The highest BCUT2D eigenvalue weighted by Crippen LogP contribution is 2.26. The van der Waals surface area contributed by atoms with Crippen molar-refractivity contribution in [1.29, 1.82) is 5.26 Å². The van der Waals surface area contributed by atoms with Gasteiger partial charge in [-0.3, -0.25) is 9.69 Å². The lowest BCUT2D eigenvalue weighted by Crippen LogP contribution is -2.49. The molecule has 0 unspecified atom stereocenters. The zero-order valence-electron chi connectivity index (χ0n) is 20.2. The van der Waals surface area contributed by atoms with Crippen molar-refractivity contribution in [3.8, 4) is 6.07 Å². The maximum absolute atomic E-state index is 13.0. The van der Waals surface area contributed by atoms with Gasteiger partial charge in [0.25, 0.3) is 0 Å². The normalized spacial score (nSPS) is 15.7. The van der Waals surface area contributed by atoms with Crippen molar-refractivity contribution in [2.75, 3.05) is 32.7 Å². The number of unbranched alkanes of at least 4 members (excludes halogenated alkanes) is 1. The molecule has 0 bridgehead atoms. The molecule has 1 saturated heterocycles. The van der Waals surface area contributed by atoms with Gasteiger partial charge in [-0.1, -0.05) is 31.5 Å². The Bertz CT molecular complexity index is 1110. The van der Waals surface area contributed by atoms with Crippen molar-refractivity contribution >= 4 is 11.9 Å². The van der Waals surface area contributed by atoms with Crippen LogP contribution in [0.4, 0.5) is 0 Å². The summed E-state index contributed by atoms with van der Waals surface area (Å²) in [7, 11) is 0. The van der Waals surface area contributed by atoms with E-state index in [1.807, 2.05) is 30.0 Å². The van der Waals surface area contributed by atoms with Crippen LogP contribution in [0.2, 0.25) is 0 Å². The van der Waals surface area contributed by atoms with Crippen LogP contribution in [-0.2, 0) is 35.4 Å². The topological polar surface area (TPSA) is 73.6 Å². The third kappa shape index (κ3) is 5.15. The summed E-state index contributed by atoms with van der Waals surface area (Å²) in [5.41, 5.74) is 6.80. The van der Waals surface area contributed by atoms with E-state index in [2.05, 4.69) is 24.0 Å². The molecule has 0 radical (unpaired) electrons. The molecule has 34 heavy (non-hydrogen) atoms. The fourth-order valence-electron chi connectivity index (χ4n) is 4.99. The molecule has 2 aromatic rings. The van der Waals surface area contributed by atoms with Gasteiger partial charge in [-0.2, -0.15) is 5.26 Å². The molecule has 0 aromatic heterocycles. The Morgan fingerprint density at radius 2 is 1.88 bits per heavy atom. The van der Waals surface area contributed by atoms with Crippen molar-refractivity contribution in [2.45, 2.75) is 52.6 Å². The first kappa shape index (κ1) is 24.0. The molecular formula is C28H33N3O3. The van der Waals surface area contributed by atoms with Gasteiger partial charge in [0.15, 0.2) is 0 Å². The average molecular weight is 460 g/mol. The van der Waals surface area contributed by atoms with Crippen molar-refractivity contribution in [3.63, 3.8) is 0 Å². The molecular weight excluding hydrogens is 426 g/mol. The van der Waals surface area contributed by atoms with E-state index in [1.165, 1.54) is 11.1 Å². The molecule has 0 aliphatic carbocycles. The summed E-state index contributed by atoms with van der Waals surface area (Å²) in [6, 6.07) is 12.1. The fraction of sp³-hybridized carbons (Fsp3) is 0.464. The van der Waals surface area contributed by atoms with Gasteiger partial charge in [-0.25, -0.2) is 4.79 Å². The Morgan fingerprint density at radius 1 is 1.09 bits per heavy atom. The number of cyclic esters (lactones) is 1. The van der Waals surface area contributed by atoms with Gasteiger partial charge in [-0.05, 0) is 60.6 Å². The summed E-state index contributed by atoms with van der Waals surface area (Å²) in [5, 5.41) is 9.50. The molecule has 2 aliphatic heterocycles. The largest absolute Gasteiger partial charge is 0.457 e. The van der Waals surface area contributed by atoms with Crippen LogP contribution < -0.4 is 0 Å². The number of esters is 1. The quantitative estimate of drug-likeness (QED) is 0.561. The van der Waals surface area contributed by atoms with Gasteiger partial charge in [0.1, 0.15) is 6.61 Å². The number of hydrogen-bond donors (Lipinski definition) is 0. The Kier molecular flexibility index (Phi) is 7.64.